The van der Waals surface area contributed by atoms with Crippen molar-refractivity contribution >= 4 is 21.7 Å². The molecule has 0 radical (unpaired) electrons. The van der Waals surface area contributed by atoms with E-state index in [-0.39, 0.29) is 5.78 Å². The predicted octanol–water partition coefficient (Wildman–Crippen LogP) is 2.40. The molecule has 1 aromatic heterocycles. The zero-order chi connectivity index (χ0) is 13.8. The zero-order valence-electron chi connectivity index (χ0n) is 10.8. The van der Waals surface area contributed by atoms with Crippen LogP contribution >= 0.6 is 15.9 Å². The Morgan fingerprint density at radius 2 is 2.05 bits per heavy atom. The Labute approximate surface area is 119 Å². The number of halogens is 1. The van der Waals surface area contributed by atoms with Gasteiger partial charge in [0.25, 0.3) is 0 Å². The summed E-state index contributed by atoms with van der Waals surface area (Å²) in [5.41, 5.74) is 1.61. The van der Waals surface area contributed by atoms with Gasteiger partial charge in [-0.15, -0.1) is 5.10 Å². The van der Waals surface area contributed by atoms with Gasteiger partial charge in [-0.05, 0) is 40.0 Å². The number of ketones is 1. The predicted molar refractivity (Wildman–Crippen MR) is 74.3 cm³/mol. The maximum Gasteiger partial charge on any atom is 0.184 e. The summed E-state index contributed by atoms with van der Waals surface area (Å²) in [7, 11) is 3.34. The number of hydrogen-bond acceptors (Lipinski definition) is 4. The van der Waals surface area contributed by atoms with Crippen LogP contribution in [-0.4, -0.2) is 27.9 Å². The summed E-state index contributed by atoms with van der Waals surface area (Å²) in [5, 5.41) is 7.60. The molecule has 0 aliphatic heterocycles. The van der Waals surface area contributed by atoms with E-state index in [1.807, 2.05) is 24.3 Å². The van der Waals surface area contributed by atoms with E-state index < -0.39 is 0 Å². The third-order valence-electron chi connectivity index (χ3n) is 2.85. The number of benzene rings is 1. The molecule has 0 unspecified atom stereocenters. The first-order valence-electron chi connectivity index (χ1n) is 5.83. The van der Waals surface area contributed by atoms with E-state index >= 15 is 0 Å². The van der Waals surface area contributed by atoms with Gasteiger partial charge in [0.1, 0.15) is 11.4 Å². The number of carbonyl (C=O) groups is 1. The first-order chi connectivity index (χ1) is 9.11. The molecule has 5 nitrogen and oxygen atoms in total. The van der Waals surface area contributed by atoms with Crippen molar-refractivity contribution in [1.82, 2.24) is 15.0 Å². The first kappa shape index (κ1) is 13.7. The van der Waals surface area contributed by atoms with Crippen molar-refractivity contribution in [2.75, 3.05) is 7.11 Å². The highest BCUT2D eigenvalue weighted by atomic mass is 79.9. The molecule has 0 saturated carbocycles. The van der Waals surface area contributed by atoms with Gasteiger partial charge in [0.05, 0.1) is 7.11 Å². The summed E-state index contributed by atoms with van der Waals surface area (Å²) in [6, 6.07) is 7.70. The second-order valence-electron chi connectivity index (χ2n) is 4.12. The number of aryl methyl sites for hydroxylation is 2. The number of rotatable bonds is 5. The topological polar surface area (TPSA) is 57.0 Å². The highest BCUT2D eigenvalue weighted by molar-refractivity contribution is 9.10. The molecule has 0 atom stereocenters. The molecule has 1 heterocycles. The average molecular weight is 324 g/mol. The first-order valence-corrected chi connectivity index (χ1v) is 6.62. The number of Topliss-reactive ketones (excluding diaryl/α,β-unsaturated/α-hetero) is 1. The quantitative estimate of drug-likeness (QED) is 0.793. The molecule has 2 rings (SSSR count). The van der Waals surface area contributed by atoms with Crippen LogP contribution in [0.5, 0.6) is 5.75 Å². The molecular formula is C13H14BrN3O2. The highest BCUT2D eigenvalue weighted by Gasteiger charge is 2.16. The second kappa shape index (κ2) is 5.97. The van der Waals surface area contributed by atoms with Crippen molar-refractivity contribution in [2.24, 2.45) is 7.05 Å². The van der Waals surface area contributed by atoms with Crippen molar-refractivity contribution in [3.05, 3.63) is 40.1 Å². The van der Waals surface area contributed by atoms with Gasteiger partial charge in [0.2, 0.25) is 0 Å². The molecule has 0 aliphatic carbocycles. The molecular weight excluding hydrogens is 310 g/mol. The number of ether oxygens (including phenoxy) is 1. The summed E-state index contributed by atoms with van der Waals surface area (Å²) in [6.45, 7) is 0. The normalized spacial score (nSPS) is 10.5. The Kier molecular flexibility index (Phi) is 4.31. The highest BCUT2D eigenvalue weighted by Crippen LogP contribution is 2.17. The van der Waals surface area contributed by atoms with Crippen molar-refractivity contribution in [3.8, 4) is 5.75 Å². The maximum absolute atomic E-state index is 12.1. The van der Waals surface area contributed by atoms with Gasteiger partial charge in [-0.1, -0.05) is 17.3 Å². The molecule has 2 aromatic rings. The Bertz CT molecular complexity index is 559. The monoisotopic (exact) mass is 323 g/mol. The molecule has 0 spiro atoms. The Hall–Kier alpha value is -1.69. The van der Waals surface area contributed by atoms with E-state index in [1.165, 1.54) is 4.68 Å². The lowest BCUT2D eigenvalue weighted by molar-refractivity contribution is 0.0973. The lowest BCUT2D eigenvalue weighted by Gasteiger charge is -2.04. The zero-order valence-corrected chi connectivity index (χ0v) is 12.3. The molecule has 0 aliphatic rings. The van der Waals surface area contributed by atoms with Gasteiger partial charge in [-0.3, -0.25) is 4.79 Å². The summed E-state index contributed by atoms with van der Waals surface area (Å²) < 4.78 is 7.07. The van der Waals surface area contributed by atoms with Crippen LogP contribution in [0.25, 0.3) is 0 Å². The van der Waals surface area contributed by atoms with E-state index in [0.717, 1.165) is 11.3 Å². The van der Waals surface area contributed by atoms with Crippen LogP contribution in [0.3, 0.4) is 0 Å². The minimum atomic E-state index is 0.0233. The van der Waals surface area contributed by atoms with E-state index in [1.54, 1.807) is 14.2 Å². The number of nitrogens with zero attached hydrogens (tertiary/aromatic N) is 3. The standard InChI is InChI=1S/C13H14BrN3O2/c1-17-12(13(14)15-16-17)11(18)8-5-9-3-6-10(19-2)7-4-9/h3-4,6-7H,5,8H2,1-2H3. The lowest BCUT2D eigenvalue weighted by Crippen LogP contribution is -2.08. The Morgan fingerprint density at radius 1 is 1.37 bits per heavy atom. The fraction of sp³-hybridized carbons (Fsp3) is 0.308. The minimum Gasteiger partial charge on any atom is -0.497 e. The van der Waals surface area contributed by atoms with Crippen LogP contribution < -0.4 is 4.74 Å². The van der Waals surface area contributed by atoms with Gasteiger partial charge in [-0.2, -0.15) is 0 Å². The lowest BCUT2D eigenvalue weighted by atomic mass is 10.1. The van der Waals surface area contributed by atoms with Gasteiger partial charge < -0.3 is 4.74 Å². The SMILES string of the molecule is COc1ccc(CCC(=O)c2c(Br)nnn2C)cc1. The van der Waals surface area contributed by atoms with Crippen molar-refractivity contribution in [2.45, 2.75) is 12.8 Å². The Morgan fingerprint density at radius 3 is 2.58 bits per heavy atom. The number of aromatic nitrogens is 3. The molecule has 0 saturated heterocycles. The van der Waals surface area contributed by atoms with E-state index in [4.69, 9.17) is 4.74 Å². The second-order valence-corrected chi connectivity index (χ2v) is 4.87. The minimum absolute atomic E-state index is 0.0233. The molecule has 6 heteroatoms. The molecule has 0 fully saturated rings. The molecule has 0 N–H and O–H groups in total. The van der Waals surface area contributed by atoms with Crippen molar-refractivity contribution in [1.29, 1.82) is 0 Å². The molecule has 0 amide bonds. The molecule has 1 aromatic carbocycles. The number of carbonyl (C=O) groups excluding carboxylic acids is 1. The third kappa shape index (κ3) is 3.20. The van der Waals surface area contributed by atoms with E-state index in [2.05, 4.69) is 26.2 Å². The number of hydrogen-bond donors (Lipinski definition) is 0. The van der Waals surface area contributed by atoms with Crippen molar-refractivity contribution in [3.63, 3.8) is 0 Å². The smallest absolute Gasteiger partial charge is 0.184 e. The van der Waals surface area contributed by atoms with Crippen LogP contribution in [-0.2, 0) is 13.5 Å². The Balaban J connectivity index is 2.00. The maximum atomic E-state index is 12.1. The van der Waals surface area contributed by atoms with Gasteiger partial charge in [0, 0.05) is 13.5 Å². The summed E-state index contributed by atoms with van der Waals surface area (Å²) in [6.07, 6.45) is 1.10. The summed E-state index contributed by atoms with van der Waals surface area (Å²) in [4.78, 5) is 12.1. The van der Waals surface area contributed by atoms with E-state index in [9.17, 15) is 4.79 Å². The number of methoxy groups -OCH3 is 1. The van der Waals surface area contributed by atoms with Crippen LogP contribution in [0.1, 0.15) is 22.5 Å². The molecule has 0 bridgehead atoms. The third-order valence-corrected chi connectivity index (χ3v) is 3.38. The van der Waals surface area contributed by atoms with Crippen LogP contribution in [0, 0.1) is 0 Å². The fourth-order valence-electron chi connectivity index (χ4n) is 1.80. The van der Waals surface area contributed by atoms with Crippen LogP contribution in [0.4, 0.5) is 0 Å². The van der Waals surface area contributed by atoms with Gasteiger partial charge in [-0.25, -0.2) is 4.68 Å². The molecule has 100 valence electrons. The largest absolute Gasteiger partial charge is 0.497 e. The van der Waals surface area contributed by atoms with Crippen LogP contribution in [0.2, 0.25) is 0 Å². The van der Waals surface area contributed by atoms with Gasteiger partial charge >= 0.3 is 0 Å². The fourth-order valence-corrected chi connectivity index (χ4v) is 2.34. The van der Waals surface area contributed by atoms with Crippen LogP contribution in [0.15, 0.2) is 28.9 Å². The van der Waals surface area contributed by atoms with Crippen molar-refractivity contribution < 1.29 is 9.53 Å². The summed E-state index contributed by atoms with van der Waals surface area (Å²) >= 11 is 3.23. The average Bonchev–Trinajstić information content (AvgIpc) is 2.76. The molecule has 19 heavy (non-hydrogen) atoms. The summed E-state index contributed by atoms with van der Waals surface area (Å²) in [5.74, 6) is 0.837. The van der Waals surface area contributed by atoms with E-state index in [0.29, 0.717) is 23.1 Å². The van der Waals surface area contributed by atoms with Gasteiger partial charge in [0.15, 0.2) is 10.4 Å².